The van der Waals surface area contributed by atoms with Gasteiger partial charge in [0.2, 0.25) is 15.9 Å². The van der Waals surface area contributed by atoms with Crippen molar-refractivity contribution in [3.8, 4) is 0 Å². The highest BCUT2D eigenvalue weighted by Crippen LogP contribution is 2.30. The zero-order valence-electron chi connectivity index (χ0n) is 16.4. The van der Waals surface area contributed by atoms with E-state index in [2.05, 4.69) is 0 Å². The Kier molecular flexibility index (Phi) is 5.93. The molecule has 1 aliphatic carbocycles. The number of fused-ring (bicyclic) bond motifs is 1. The summed E-state index contributed by atoms with van der Waals surface area (Å²) < 4.78 is 27.6. The van der Waals surface area contributed by atoms with Gasteiger partial charge in [-0.1, -0.05) is 19.9 Å². The number of nitrogens with two attached hydrogens (primary N) is 1. The number of carbonyl (C=O) groups is 1. The quantitative estimate of drug-likeness (QED) is 0.798. The van der Waals surface area contributed by atoms with E-state index in [0.29, 0.717) is 50.5 Å². The molecule has 3 rings (SSSR count). The van der Waals surface area contributed by atoms with Gasteiger partial charge in [-0.25, -0.2) is 8.42 Å². The maximum atomic E-state index is 13.0. The summed E-state index contributed by atoms with van der Waals surface area (Å²) in [5.74, 6) is 0.0598. The van der Waals surface area contributed by atoms with E-state index in [4.69, 9.17) is 5.73 Å². The second-order valence-electron chi connectivity index (χ2n) is 7.67. The molecule has 1 fully saturated rings. The van der Waals surface area contributed by atoms with Crippen LogP contribution in [0.5, 0.6) is 0 Å². The summed E-state index contributed by atoms with van der Waals surface area (Å²) >= 11 is 0. The van der Waals surface area contributed by atoms with Gasteiger partial charge < -0.3 is 10.6 Å². The second-order valence-corrected chi connectivity index (χ2v) is 9.61. The predicted octanol–water partition coefficient (Wildman–Crippen LogP) is 1.77. The third-order valence-electron chi connectivity index (χ3n) is 6.43. The average molecular weight is 394 g/mol. The number of hydrogen-bond donors (Lipinski definition) is 1. The van der Waals surface area contributed by atoms with Crippen molar-refractivity contribution >= 4 is 15.9 Å². The van der Waals surface area contributed by atoms with Crippen LogP contribution in [0.15, 0.2) is 23.1 Å². The van der Waals surface area contributed by atoms with Gasteiger partial charge in [0.1, 0.15) is 0 Å². The first-order chi connectivity index (χ1) is 12.9. The average Bonchev–Trinajstić information content (AvgIpc) is 3.17. The molecule has 0 bridgehead atoms. The molecule has 27 heavy (non-hydrogen) atoms. The maximum absolute atomic E-state index is 13.0. The SMILES string of the molecule is CCC(CC)(CN)C(=O)N1CCN(S(=O)(=O)c2ccc3c(c2)CCC3)CC1. The first-order valence-electron chi connectivity index (χ1n) is 9.99. The summed E-state index contributed by atoms with van der Waals surface area (Å²) in [5, 5.41) is 0. The van der Waals surface area contributed by atoms with Crippen molar-refractivity contribution in [3.05, 3.63) is 29.3 Å². The van der Waals surface area contributed by atoms with Crippen molar-refractivity contribution < 1.29 is 13.2 Å². The van der Waals surface area contributed by atoms with Gasteiger partial charge in [-0.2, -0.15) is 4.31 Å². The molecule has 2 N–H and O–H groups in total. The van der Waals surface area contributed by atoms with Crippen LogP contribution >= 0.6 is 0 Å². The molecule has 1 aromatic rings. The molecule has 2 aliphatic rings. The van der Waals surface area contributed by atoms with Gasteiger partial charge in [-0.05, 0) is 55.4 Å². The number of piperazine rings is 1. The Morgan fingerprint density at radius 2 is 1.70 bits per heavy atom. The number of amides is 1. The first-order valence-corrected chi connectivity index (χ1v) is 11.4. The van der Waals surface area contributed by atoms with E-state index < -0.39 is 15.4 Å². The normalized spacial score (nSPS) is 18.6. The molecule has 0 radical (unpaired) electrons. The summed E-state index contributed by atoms with van der Waals surface area (Å²) in [4.78, 5) is 15.1. The Morgan fingerprint density at radius 1 is 1.07 bits per heavy atom. The van der Waals surface area contributed by atoms with Crippen LogP contribution in [-0.4, -0.2) is 56.3 Å². The monoisotopic (exact) mass is 393 g/mol. The van der Waals surface area contributed by atoms with Crippen LogP contribution in [0.2, 0.25) is 0 Å². The molecule has 0 aromatic heterocycles. The molecular weight excluding hydrogens is 362 g/mol. The zero-order valence-corrected chi connectivity index (χ0v) is 17.2. The molecule has 0 spiro atoms. The molecule has 6 nitrogen and oxygen atoms in total. The van der Waals surface area contributed by atoms with E-state index in [1.807, 2.05) is 26.0 Å². The maximum Gasteiger partial charge on any atom is 0.243 e. The predicted molar refractivity (Wildman–Crippen MR) is 106 cm³/mol. The Labute approximate surface area is 162 Å². The fourth-order valence-electron chi connectivity index (χ4n) is 4.25. The molecule has 1 amide bonds. The molecule has 1 heterocycles. The summed E-state index contributed by atoms with van der Waals surface area (Å²) in [6.07, 6.45) is 4.49. The highest BCUT2D eigenvalue weighted by molar-refractivity contribution is 7.89. The van der Waals surface area contributed by atoms with Gasteiger partial charge in [-0.15, -0.1) is 0 Å². The summed E-state index contributed by atoms with van der Waals surface area (Å²) in [7, 11) is -3.51. The molecule has 1 aromatic carbocycles. The van der Waals surface area contributed by atoms with Crippen LogP contribution in [0.3, 0.4) is 0 Å². The van der Waals surface area contributed by atoms with E-state index in [-0.39, 0.29) is 5.91 Å². The van der Waals surface area contributed by atoms with E-state index in [1.54, 1.807) is 11.0 Å². The van der Waals surface area contributed by atoms with Crippen LogP contribution in [0.4, 0.5) is 0 Å². The van der Waals surface area contributed by atoms with Gasteiger partial charge in [0.15, 0.2) is 0 Å². The third kappa shape index (κ3) is 3.65. The van der Waals surface area contributed by atoms with Gasteiger partial charge in [0.25, 0.3) is 0 Å². The lowest BCUT2D eigenvalue weighted by molar-refractivity contribution is -0.143. The fraction of sp³-hybridized carbons (Fsp3) is 0.650. The lowest BCUT2D eigenvalue weighted by atomic mass is 9.81. The zero-order chi connectivity index (χ0) is 19.7. The number of nitrogens with zero attached hydrogens (tertiary/aromatic N) is 2. The van der Waals surface area contributed by atoms with Crippen molar-refractivity contribution in [3.63, 3.8) is 0 Å². The lowest BCUT2D eigenvalue weighted by Crippen LogP contribution is -2.55. The van der Waals surface area contributed by atoms with Crippen molar-refractivity contribution in [2.75, 3.05) is 32.7 Å². The summed E-state index contributed by atoms with van der Waals surface area (Å²) in [6.45, 7) is 5.81. The van der Waals surface area contributed by atoms with E-state index in [1.165, 1.54) is 9.87 Å². The van der Waals surface area contributed by atoms with Crippen LogP contribution in [0.1, 0.15) is 44.2 Å². The van der Waals surface area contributed by atoms with Gasteiger partial charge in [0, 0.05) is 32.7 Å². The number of rotatable bonds is 6. The number of hydrogen-bond acceptors (Lipinski definition) is 4. The van der Waals surface area contributed by atoms with Crippen molar-refractivity contribution in [1.29, 1.82) is 0 Å². The number of benzene rings is 1. The Hall–Kier alpha value is -1.44. The molecule has 0 unspecified atom stereocenters. The minimum Gasteiger partial charge on any atom is -0.340 e. The Morgan fingerprint density at radius 3 is 2.30 bits per heavy atom. The van der Waals surface area contributed by atoms with Gasteiger partial charge in [-0.3, -0.25) is 4.79 Å². The highest BCUT2D eigenvalue weighted by Gasteiger charge is 2.39. The van der Waals surface area contributed by atoms with Crippen LogP contribution in [0, 0.1) is 5.41 Å². The first kappa shape index (κ1) is 20.3. The standard InChI is InChI=1S/C20H31N3O3S/c1-3-20(4-2,15-21)19(24)22-10-12-23(13-11-22)27(25,26)18-9-8-16-6-5-7-17(16)14-18/h8-9,14H,3-7,10-13,15,21H2,1-2H3. The van der Waals surface area contributed by atoms with Gasteiger partial charge >= 0.3 is 0 Å². The molecule has 150 valence electrons. The van der Waals surface area contributed by atoms with Crippen molar-refractivity contribution in [2.24, 2.45) is 11.1 Å². The molecule has 7 heteroatoms. The van der Waals surface area contributed by atoms with Gasteiger partial charge in [0.05, 0.1) is 10.3 Å². The van der Waals surface area contributed by atoms with E-state index >= 15 is 0 Å². The topological polar surface area (TPSA) is 83.7 Å². The molecule has 1 aliphatic heterocycles. The van der Waals surface area contributed by atoms with Crippen molar-refractivity contribution in [2.45, 2.75) is 50.8 Å². The minimum atomic E-state index is -3.51. The number of sulfonamides is 1. The Balaban J connectivity index is 1.70. The summed E-state index contributed by atoms with van der Waals surface area (Å²) in [6, 6.07) is 5.51. The smallest absolute Gasteiger partial charge is 0.243 e. The van der Waals surface area contributed by atoms with Crippen molar-refractivity contribution in [1.82, 2.24) is 9.21 Å². The van der Waals surface area contributed by atoms with E-state index in [9.17, 15) is 13.2 Å². The Bertz CT molecular complexity index is 786. The molecule has 1 saturated heterocycles. The second kappa shape index (κ2) is 7.89. The van der Waals surface area contributed by atoms with Crippen LogP contribution in [0.25, 0.3) is 0 Å². The largest absolute Gasteiger partial charge is 0.340 e. The van der Waals surface area contributed by atoms with Crippen LogP contribution in [-0.2, 0) is 27.7 Å². The molecular formula is C20H31N3O3S. The number of aryl methyl sites for hydroxylation is 2. The molecule has 0 atom stereocenters. The lowest BCUT2D eigenvalue weighted by Gasteiger charge is -2.39. The molecule has 0 saturated carbocycles. The number of carbonyl (C=O) groups excluding carboxylic acids is 1. The fourth-order valence-corrected chi connectivity index (χ4v) is 5.73. The van der Waals surface area contributed by atoms with Crippen LogP contribution < -0.4 is 5.73 Å². The third-order valence-corrected chi connectivity index (χ3v) is 8.33. The highest BCUT2D eigenvalue weighted by atomic mass is 32.2. The summed E-state index contributed by atoms with van der Waals surface area (Å²) in [5.41, 5.74) is 7.79. The van der Waals surface area contributed by atoms with E-state index in [0.717, 1.165) is 24.8 Å². The minimum absolute atomic E-state index is 0.0598.